The average Bonchev–Trinajstić information content (AvgIpc) is 3.24. The molecule has 2 saturated heterocycles. The first kappa shape index (κ1) is 18.8. The Morgan fingerprint density at radius 3 is 2.88 bits per heavy atom. The van der Waals surface area contributed by atoms with Crippen LogP contribution in [-0.4, -0.2) is 60.1 Å². The standard InChI is InChI=1S/C16H23N3O4.ClH/c20-13-10-17-8-11(13)9-18-15(21)12-4-1-2-6-19(12)16(22)14-5-3-7-23-14;/h3,5,7,11-13,17,20H,1-2,4,6,8-10H2,(H,18,21);1H. The summed E-state index contributed by atoms with van der Waals surface area (Å²) < 4.78 is 5.17. The van der Waals surface area contributed by atoms with Crippen LogP contribution in [0.25, 0.3) is 0 Å². The molecule has 3 unspecified atom stereocenters. The van der Waals surface area contributed by atoms with Crippen LogP contribution in [0.3, 0.4) is 0 Å². The number of furan rings is 1. The quantitative estimate of drug-likeness (QED) is 0.724. The Balaban J connectivity index is 0.00000208. The van der Waals surface area contributed by atoms with Gasteiger partial charge < -0.3 is 25.1 Å². The smallest absolute Gasteiger partial charge is 0.290 e. The first-order valence-corrected chi connectivity index (χ1v) is 8.18. The van der Waals surface area contributed by atoms with Crippen LogP contribution in [0.5, 0.6) is 0 Å². The molecule has 0 aromatic carbocycles. The average molecular weight is 358 g/mol. The number of hydrogen-bond donors (Lipinski definition) is 3. The van der Waals surface area contributed by atoms with E-state index in [1.807, 2.05) is 0 Å². The van der Waals surface area contributed by atoms with Crippen molar-refractivity contribution in [3.63, 3.8) is 0 Å². The number of likely N-dealkylation sites (tertiary alicyclic amines) is 1. The molecule has 0 spiro atoms. The lowest BCUT2D eigenvalue weighted by Crippen LogP contribution is -2.52. The van der Waals surface area contributed by atoms with Crippen molar-refractivity contribution in [2.24, 2.45) is 5.92 Å². The molecule has 3 atom stereocenters. The van der Waals surface area contributed by atoms with Gasteiger partial charge in [-0.15, -0.1) is 12.4 Å². The lowest BCUT2D eigenvalue weighted by atomic mass is 10.00. The van der Waals surface area contributed by atoms with Gasteiger partial charge in [-0.1, -0.05) is 0 Å². The summed E-state index contributed by atoms with van der Waals surface area (Å²) in [6.07, 6.45) is 3.50. The van der Waals surface area contributed by atoms with Crippen LogP contribution >= 0.6 is 12.4 Å². The molecule has 3 rings (SSSR count). The molecule has 1 aromatic rings. The number of carbonyl (C=O) groups excluding carboxylic acids is 2. The number of carbonyl (C=O) groups is 2. The van der Waals surface area contributed by atoms with E-state index in [1.165, 1.54) is 6.26 Å². The van der Waals surface area contributed by atoms with Crippen LogP contribution in [0.1, 0.15) is 29.8 Å². The lowest BCUT2D eigenvalue weighted by molar-refractivity contribution is -0.126. The Kier molecular flexibility index (Phi) is 6.65. The van der Waals surface area contributed by atoms with Crippen LogP contribution in [0.15, 0.2) is 22.8 Å². The topological polar surface area (TPSA) is 94.8 Å². The summed E-state index contributed by atoms with van der Waals surface area (Å²) in [5.41, 5.74) is 0. The van der Waals surface area contributed by atoms with Gasteiger partial charge in [0.1, 0.15) is 6.04 Å². The van der Waals surface area contributed by atoms with Gasteiger partial charge in [-0.25, -0.2) is 0 Å². The third-order valence-electron chi connectivity index (χ3n) is 4.64. The van der Waals surface area contributed by atoms with Gasteiger partial charge in [0, 0.05) is 32.1 Å². The predicted octanol–water partition coefficient (Wildman–Crippen LogP) is 0.393. The van der Waals surface area contributed by atoms with Crippen LogP contribution in [0, 0.1) is 5.92 Å². The number of hydrogen-bond acceptors (Lipinski definition) is 5. The molecule has 2 aliphatic heterocycles. The summed E-state index contributed by atoms with van der Waals surface area (Å²) in [4.78, 5) is 26.6. The van der Waals surface area contributed by atoms with Crippen LogP contribution < -0.4 is 10.6 Å². The zero-order chi connectivity index (χ0) is 16.2. The van der Waals surface area contributed by atoms with Gasteiger partial charge in [0.15, 0.2) is 5.76 Å². The monoisotopic (exact) mass is 357 g/mol. The number of nitrogens with one attached hydrogen (secondary N) is 2. The third-order valence-corrected chi connectivity index (χ3v) is 4.64. The predicted molar refractivity (Wildman–Crippen MR) is 90.0 cm³/mol. The molecule has 2 amide bonds. The maximum Gasteiger partial charge on any atom is 0.290 e. The van der Waals surface area contributed by atoms with E-state index in [4.69, 9.17) is 4.42 Å². The first-order chi connectivity index (χ1) is 11.2. The minimum atomic E-state index is -0.465. The summed E-state index contributed by atoms with van der Waals surface area (Å²) in [5, 5.41) is 15.8. The Hall–Kier alpha value is -1.57. The van der Waals surface area contributed by atoms with E-state index in [1.54, 1.807) is 17.0 Å². The number of β-amino-alcohol motifs (C(OH)–C–C–N with tert-alkyl or cyclic N) is 1. The van der Waals surface area contributed by atoms with Crippen molar-refractivity contribution in [3.05, 3.63) is 24.2 Å². The first-order valence-electron chi connectivity index (χ1n) is 8.18. The van der Waals surface area contributed by atoms with Gasteiger partial charge in [-0.05, 0) is 31.4 Å². The van der Waals surface area contributed by atoms with E-state index >= 15 is 0 Å². The number of nitrogens with zero attached hydrogens (tertiary/aromatic N) is 1. The Morgan fingerprint density at radius 1 is 1.38 bits per heavy atom. The summed E-state index contributed by atoms with van der Waals surface area (Å²) in [6.45, 7) is 2.24. The number of aliphatic hydroxyl groups excluding tert-OH is 1. The molecule has 0 radical (unpaired) electrons. The zero-order valence-corrected chi connectivity index (χ0v) is 14.3. The van der Waals surface area contributed by atoms with Gasteiger partial charge in [0.25, 0.3) is 5.91 Å². The lowest BCUT2D eigenvalue weighted by Gasteiger charge is -2.34. The van der Waals surface area contributed by atoms with Crippen molar-refractivity contribution < 1.29 is 19.1 Å². The molecule has 8 heteroatoms. The van der Waals surface area contributed by atoms with E-state index < -0.39 is 12.1 Å². The molecular weight excluding hydrogens is 334 g/mol. The summed E-state index contributed by atoms with van der Waals surface area (Å²) in [6, 6.07) is 2.82. The summed E-state index contributed by atoms with van der Waals surface area (Å²) in [5.74, 6) is -0.0991. The highest BCUT2D eigenvalue weighted by Gasteiger charge is 2.34. The van der Waals surface area contributed by atoms with E-state index in [0.29, 0.717) is 32.6 Å². The second-order valence-corrected chi connectivity index (χ2v) is 6.22. The maximum atomic E-state index is 12.5. The van der Waals surface area contributed by atoms with E-state index in [9.17, 15) is 14.7 Å². The second-order valence-electron chi connectivity index (χ2n) is 6.22. The van der Waals surface area contributed by atoms with Crippen molar-refractivity contribution in [1.82, 2.24) is 15.5 Å². The van der Waals surface area contributed by atoms with Crippen molar-refractivity contribution in [3.8, 4) is 0 Å². The molecular formula is C16H24ClN3O4. The molecule has 134 valence electrons. The number of amides is 2. The number of halogens is 1. The molecule has 2 aliphatic rings. The van der Waals surface area contributed by atoms with Crippen LogP contribution in [0.2, 0.25) is 0 Å². The highest BCUT2D eigenvalue weighted by molar-refractivity contribution is 5.95. The maximum absolute atomic E-state index is 12.5. The van der Waals surface area contributed by atoms with Crippen molar-refractivity contribution in [2.75, 3.05) is 26.2 Å². The summed E-state index contributed by atoms with van der Waals surface area (Å²) in [7, 11) is 0. The SMILES string of the molecule is Cl.O=C(NCC1CNCC1O)C1CCCCN1C(=O)c1ccco1. The molecule has 1 aromatic heterocycles. The second kappa shape index (κ2) is 8.50. The Bertz CT molecular complexity index is 552. The molecule has 2 fully saturated rings. The van der Waals surface area contributed by atoms with E-state index in [-0.39, 0.29) is 35.9 Å². The molecule has 3 heterocycles. The van der Waals surface area contributed by atoms with Crippen LogP contribution in [0.4, 0.5) is 0 Å². The molecule has 7 nitrogen and oxygen atoms in total. The van der Waals surface area contributed by atoms with Crippen LogP contribution in [-0.2, 0) is 4.79 Å². The molecule has 24 heavy (non-hydrogen) atoms. The van der Waals surface area contributed by atoms with Gasteiger partial charge in [-0.3, -0.25) is 9.59 Å². The fourth-order valence-electron chi connectivity index (χ4n) is 3.27. The number of aliphatic hydroxyl groups is 1. The Morgan fingerprint density at radius 2 is 2.21 bits per heavy atom. The molecule has 0 bridgehead atoms. The van der Waals surface area contributed by atoms with Gasteiger partial charge in [0.2, 0.25) is 5.91 Å². The number of rotatable bonds is 4. The van der Waals surface area contributed by atoms with Gasteiger partial charge >= 0.3 is 0 Å². The fourth-order valence-corrected chi connectivity index (χ4v) is 3.27. The normalized spacial score (nSPS) is 26.7. The minimum absolute atomic E-state index is 0. The van der Waals surface area contributed by atoms with Crippen molar-refractivity contribution >= 4 is 24.2 Å². The molecule has 0 saturated carbocycles. The van der Waals surface area contributed by atoms with Crippen molar-refractivity contribution in [1.29, 1.82) is 0 Å². The van der Waals surface area contributed by atoms with Crippen molar-refractivity contribution in [2.45, 2.75) is 31.4 Å². The zero-order valence-electron chi connectivity index (χ0n) is 13.4. The van der Waals surface area contributed by atoms with Gasteiger partial charge in [0.05, 0.1) is 12.4 Å². The largest absolute Gasteiger partial charge is 0.459 e. The minimum Gasteiger partial charge on any atom is -0.459 e. The highest BCUT2D eigenvalue weighted by atomic mass is 35.5. The van der Waals surface area contributed by atoms with E-state index in [2.05, 4.69) is 10.6 Å². The molecule has 0 aliphatic carbocycles. The Labute approximate surface area is 147 Å². The van der Waals surface area contributed by atoms with E-state index in [0.717, 1.165) is 12.8 Å². The highest BCUT2D eigenvalue weighted by Crippen LogP contribution is 2.20. The number of piperidine rings is 1. The fraction of sp³-hybridized carbons (Fsp3) is 0.625. The summed E-state index contributed by atoms with van der Waals surface area (Å²) >= 11 is 0. The third kappa shape index (κ3) is 4.09. The molecule has 3 N–H and O–H groups in total. The van der Waals surface area contributed by atoms with Gasteiger partial charge in [-0.2, -0.15) is 0 Å².